The maximum absolute atomic E-state index is 12.8. The van der Waals surface area contributed by atoms with Gasteiger partial charge in [0.15, 0.2) is 0 Å². The van der Waals surface area contributed by atoms with E-state index in [1.54, 1.807) is 26.0 Å². The Kier molecular flexibility index (Phi) is 44.2. The summed E-state index contributed by atoms with van der Waals surface area (Å²) < 4.78 is 45.4. The summed E-state index contributed by atoms with van der Waals surface area (Å²) in [7, 11) is -4.41. The highest BCUT2D eigenvalue weighted by Crippen LogP contribution is 2.33. The summed E-state index contributed by atoms with van der Waals surface area (Å²) in [6, 6.07) is 0. The van der Waals surface area contributed by atoms with Crippen LogP contribution in [0.4, 0.5) is 0 Å². The summed E-state index contributed by atoms with van der Waals surface area (Å²) in [6.45, 7) is 12.0. The zero-order chi connectivity index (χ0) is 73.9. The number of ketones is 1. The quantitative estimate of drug-likeness (QED) is 0.0177. The molecule has 98 heavy (non-hydrogen) atoms. The number of carbonyl (C=O) groups excluding carboxylic acids is 1. The molecule has 2 saturated heterocycles. The molecule has 0 aromatic heterocycles. The van der Waals surface area contributed by atoms with E-state index in [0.29, 0.717) is 25.7 Å². The predicted molar refractivity (Wildman–Crippen MR) is 367 cm³/mol. The highest BCUT2D eigenvalue weighted by atomic mass is 32.2. The zero-order valence-electron chi connectivity index (χ0n) is 57.4. The molecule has 0 saturated carbocycles. The van der Waals surface area contributed by atoms with Gasteiger partial charge in [0.2, 0.25) is 0 Å². The highest BCUT2D eigenvalue weighted by molar-refractivity contribution is 7.86. The smallest absolute Gasteiger partial charge is 0.267 e. The summed E-state index contributed by atoms with van der Waals surface area (Å²) in [4.78, 5) is 12.8. The van der Waals surface area contributed by atoms with Gasteiger partial charge in [0, 0.05) is 32.1 Å². The Morgan fingerprint density at radius 1 is 0.561 bits per heavy atom. The molecule has 27 heteroatoms. The van der Waals surface area contributed by atoms with Crippen LogP contribution in [0, 0.1) is 11.8 Å². The van der Waals surface area contributed by atoms with Crippen molar-refractivity contribution in [3.05, 3.63) is 97.7 Å². The number of unbranched alkanes of at least 4 members (excludes halogenated alkanes) is 2. The Balaban J connectivity index is 1.77. The largest absolute Gasteiger partial charge is 0.394 e. The van der Waals surface area contributed by atoms with Crippen LogP contribution in [0.3, 0.4) is 0 Å². The molecule has 2 aliphatic heterocycles. The Bertz CT molecular complexity index is 2510. The molecule has 0 bridgehead atoms. The van der Waals surface area contributed by atoms with Crippen molar-refractivity contribution < 1.29 is 129 Å². The predicted octanol–water partition coefficient (Wildman–Crippen LogP) is 1.30. The first-order chi connectivity index (χ1) is 46.0. The van der Waals surface area contributed by atoms with E-state index in [-0.39, 0.29) is 133 Å². The minimum absolute atomic E-state index is 0.00916. The van der Waals surface area contributed by atoms with Crippen molar-refractivity contribution in [3.63, 3.8) is 0 Å². The lowest BCUT2D eigenvalue weighted by Gasteiger charge is -2.42. The second-order valence-electron chi connectivity index (χ2n) is 27.5. The van der Waals surface area contributed by atoms with E-state index in [2.05, 4.69) is 13.2 Å². The third kappa shape index (κ3) is 35.7. The van der Waals surface area contributed by atoms with Gasteiger partial charge in [-0.05, 0) is 146 Å². The van der Waals surface area contributed by atoms with E-state index >= 15 is 0 Å². The lowest BCUT2D eigenvalue weighted by Crippen LogP contribution is -2.59. The van der Waals surface area contributed by atoms with Crippen LogP contribution in [0.25, 0.3) is 0 Å². The summed E-state index contributed by atoms with van der Waals surface area (Å²) in [6.07, 6.45) is -7.28. The van der Waals surface area contributed by atoms with Gasteiger partial charge in [-0.25, -0.2) is 0 Å². The average Bonchev–Trinajstić information content (AvgIpc) is 0.812. The maximum atomic E-state index is 12.8. The number of ether oxygens (including phenoxy) is 2. The van der Waals surface area contributed by atoms with Gasteiger partial charge >= 0.3 is 0 Å². The maximum Gasteiger partial charge on any atom is 0.267 e. The molecule has 0 aromatic rings. The van der Waals surface area contributed by atoms with Gasteiger partial charge in [0.1, 0.15) is 66.8 Å². The molecule has 21 N–H and O–H groups in total. The molecule has 568 valence electrons. The normalized spacial score (nSPS) is 26.7. The molecule has 2 fully saturated rings. The lowest BCUT2D eigenvalue weighted by atomic mass is 9.87. The molecule has 0 aromatic carbocycles. The van der Waals surface area contributed by atoms with Crippen molar-refractivity contribution in [3.8, 4) is 0 Å². The van der Waals surface area contributed by atoms with Gasteiger partial charge in [0.05, 0.1) is 90.7 Å². The number of aliphatic hydroxyl groups is 20. The molecule has 2 rings (SSSR count). The minimum Gasteiger partial charge on any atom is -0.394 e. The molecular formula is C71H122O26S. The Morgan fingerprint density at radius 3 is 1.59 bits per heavy atom. The lowest BCUT2D eigenvalue weighted by molar-refractivity contribution is -0.234. The second kappa shape index (κ2) is 47.8. The molecule has 2 aliphatic rings. The van der Waals surface area contributed by atoms with E-state index in [9.17, 15) is 115 Å². The Hall–Kier alpha value is -3.38. The van der Waals surface area contributed by atoms with E-state index < -0.39 is 168 Å². The Labute approximate surface area is 579 Å². The summed E-state index contributed by atoms with van der Waals surface area (Å²) in [5, 5.41) is 212. The molecule has 0 aliphatic carbocycles. The van der Waals surface area contributed by atoms with Crippen LogP contribution in [-0.4, -0.2) is 273 Å². The van der Waals surface area contributed by atoms with Gasteiger partial charge in [-0.1, -0.05) is 106 Å². The van der Waals surface area contributed by atoms with Crippen LogP contribution in [0.2, 0.25) is 0 Å². The van der Waals surface area contributed by atoms with Crippen LogP contribution >= 0.6 is 0 Å². The third-order valence-corrected chi connectivity index (χ3v) is 19.7. The van der Waals surface area contributed by atoms with Crippen LogP contribution in [0.1, 0.15) is 175 Å². The van der Waals surface area contributed by atoms with Crippen LogP contribution < -0.4 is 0 Å². The van der Waals surface area contributed by atoms with Crippen LogP contribution in [0.5, 0.6) is 0 Å². The molecule has 26 atom stereocenters. The number of rotatable bonds is 52. The minimum atomic E-state index is -4.41. The number of carbonyl (C=O) groups is 1. The number of allylic oxidation sites excluding steroid dienone is 11. The van der Waals surface area contributed by atoms with Crippen molar-refractivity contribution >= 4 is 15.9 Å². The van der Waals surface area contributed by atoms with Gasteiger partial charge < -0.3 is 112 Å². The first-order valence-corrected chi connectivity index (χ1v) is 36.2. The highest BCUT2D eigenvalue weighted by Gasteiger charge is 2.47. The first-order valence-electron chi connectivity index (χ1n) is 34.7. The average molecular weight is 1420 g/mol. The molecule has 1 unspecified atom stereocenters. The van der Waals surface area contributed by atoms with Crippen molar-refractivity contribution in [1.82, 2.24) is 0 Å². The fraction of sp³-hybridized carbons (Fsp3) is 0.761. The standard InChI is InChI=1S/C71H122O26S/c1-6-7-8-9-10-11-12-13-14-15-16-17-18-19-25-55(80)65(88)70-67(90)60(85)41-62(97-70)68(91)63(86)46(4)29-32-54(79)61-40-59(84)66(89)69(96-61)64(87)56(81)26-21-20-23-47(73)39-58(83)53(78)34-33-52(77)57(82)37-45(3)27-30-48(74)38-49(75)42-71(5,92)35-22-24-51(98(93,94)95)31-28-44(2)36-50(76)43-72/h6-8,11-16,19,21,25-26,44-45,47-48,50-70,72-74,76-92H,1,4,9-10,17-18,20,22-24,27-43H2,2-3,5H3,(H,93,94,95)/b8-7+,12-11+,14-13+,16-15+,25-19+,26-21+/t44?,45-,47-,48-,50+,51+,52+,53-,54+,55+,56+,57+,58+,59+,60+,61+,62+,63+,64-,65-,66+,67+,68-,69-,70-,71+/m0/s1. The number of Topliss-reactive ketones (excluding diaryl/α,β-unsaturated/α-hetero) is 1. The molecule has 26 nitrogen and oxygen atoms in total. The fourth-order valence-corrected chi connectivity index (χ4v) is 13.0. The molecular weight excluding hydrogens is 1300 g/mol. The second-order valence-corrected chi connectivity index (χ2v) is 29.2. The van der Waals surface area contributed by atoms with Gasteiger partial charge in [-0.3, -0.25) is 9.35 Å². The van der Waals surface area contributed by atoms with Crippen molar-refractivity contribution in [2.75, 3.05) is 6.61 Å². The number of hydrogen-bond acceptors (Lipinski definition) is 25. The number of hydrogen-bond donors (Lipinski definition) is 21. The van der Waals surface area contributed by atoms with Gasteiger partial charge in [-0.15, -0.1) is 0 Å². The van der Waals surface area contributed by atoms with Crippen molar-refractivity contribution in [2.45, 2.75) is 320 Å². The fourth-order valence-electron chi connectivity index (χ4n) is 12.1. The molecule has 0 spiro atoms. The summed E-state index contributed by atoms with van der Waals surface area (Å²) in [5.41, 5.74) is -1.53. The summed E-state index contributed by atoms with van der Waals surface area (Å²) in [5.74, 6) is -0.785. The Morgan fingerprint density at radius 2 is 1.05 bits per heavy atom. The summed E-state index contributed by atoms with van der Waals surface area (Å²) >= 11 is 0. The van der Waals surface area contributed by atoms with Crippen molar-refractivity contribution in [2.24, 2.45) is 11.8 Å². The third-order valence-electron chi connectivity index (χ3n) is 18.3. The van der Waals surface area contributed by atoms with Gasteiger partial charge in [-0.2, -0.15) is 8.42 Å². The first kappa shape index (κ1) is 90.7. The molecule has 0 amide bonds. The SMILES string of the molecule is C=C/C=C/CC/C=C/C=C/C=C/CC/C=C/[C@@H](O)[C@H](O)[C@@H]1O[C@@H]([C@H](O)[C@H](O)C(=C)CC[C@@H](O)[C@H]2C[C@@H](O)[C@@H](O)[C@H]([C@@H](O)[C@H](O)/C=C/CC[C@H](O)C[C@@H](O)[C@@H](O)CC[C@@H](O)[C@H](O)C[C@@H](C)CC[C@H](O)CC(=O)C[C@](C)(O)CCC[C@H](CCC(C)C[C@@H](O)CO)S(=O)(=O)O)O2)C[C@@H](O)[C@H]1O. The molecule has 2 heterocycles. The van der Waals surface area contributed by atoms with E-state index in [1.807, 2.05) is 48.6 Å². The monoisotopic (exact) mass is 1420 g/mol. The van der Waals surface area contributed by atoms with Crippen LogP contribution in [-0.2, 0) is 24.4 Å². The van der Waals surface area contributed by atoms with Crippen LogP contribution in [0.15, 0.2) is 97.7 Å². The topological polar surface area (TPSA) is 495 Å². The number of aliphatic hydroxyl groups excluding tert-OH is 19. The van der Waals surface area contributed by atoms with E-state index in [1.165, 1.54) is 19.1 Å². The van der Waals surface area contributed by atoms with E-state index in [4.69, 9.17) is 14.6 Å². The van der Waals surface area contributed by atoms with Crippen molar-refractivity contribution in [1.29, 1.82) is 0 Å². The van der Waals surface area contributed by atoms with E-state index in [0.717, 1.165) is 18.9 Å². The van der Waals surface area contributed by atoms with Gasteiger partial charge in [0.25, 0.3) is 10.1 Å². The zero-order valence-corrected chi connectivity index (χ0v) is 58.2. The molecule has 0 radical (unpaired) electrons.